The number of hydrogen-bond acceptors (Lipinski definition) is 3. The van der Waals surface area contributed by atoms with Crippen LogP contribution in [0.15, 0.2) is 18.2 Å². The number of hydrogen-bond donors (Lipinski definition) is 3. The molecule has 0 saturated carbocycles. The summed E-state index contributed by atoms with van der Waals surface area (Å²) >= 11 is 0. The predicted octanol–water partition coefficient (Wildman–Crippen LogP) is 2.05. The number of nitrogens with one attached hydrogen (secondary N) is 3. The number of amides is 3. The van der Waals surface area contributed by atoms with Crippen molar-refractivity contribution in [2.75, 3.05) is 25.1 Å². The summed E-state index contributed by atoms with van der Waals surface area (Å²) in [5.74, 6) is -0.130. The van der Waals surface area contributed by atoms with Gasteiger partial charge in [0.1, 0.15) is 0 Å². The summed E-state index contributed by atoms with van der Waals surface area (Å²) in [5.41, 5.74) is 2.09. The number of benzene rings is 1. The van der Waals surface area contributed by atoms with Gasteiger partial charge in [-0.25, -0.2) is 4.79 Å². The van der Waals surface area contributed by atoms with Crippen molar-refractivity contribution in [1.29, 1.82) is 0 Å². The Kier molecular flexibility index (Phi) is 5.77. The molecule has 0 aromatic heterocycles. The highest BCUT2D eigenvalue weighted by molar-refractivity contribution is 5.97. The highest BCUT2D eigenvalue weighted by atomic mass is 16.5. The van der Waals surface area contributed by atoms with Crippen LogP contribution in [0.25, 0.3) is 0 Å². The fourth-order valence-corrected chi connectivity index (χ4v) is 2.23. The predicted molar refractivity (Wildman–Crippen MR) is 85.2 cm³/mol. The zero-order valence-electron chi connectivity index (χ0n) is 13.1. The van der Waals surface area contributed by atoms with Crippen LogP contribution in [-0.4, -0.2) is 37.7 Å². The number of urea groups is 1. The number of aryl methyl sites for hydroxylation is 1. The Morgan fingerprint density at radius 1 is 1.36 bits per heavy atom. The van der Waals surface area contributed by atoms with E-state index in [1.54, 1.807) is 12.1 Å². The Morgan fingerprint density at radius 3 is 2.86 bits per heavy atom. The summed E-state index contributed by atoms with van der Waals surface area (Å²) in [6.07, 6.45) is 1.71. The molecule has 0 unspecified atom stereocenters. The molecule has 1 aliphatic rings. The molecular formula is C16H23N3O3. The van der Waals surface area contributed by atoms with E-state index < -0.39 is 0 Å². The first-order valence-corrected chi connectivity index (χ1v) is 7.64. The Labute approximate surface area is 130 Å². The van der Waals surface area contributed by atoms with Crippen LogP contribution < -0.4 is 16.0 Å². The molecule has 1 aliphatic heterocycles. The Bertz CT molecular complexity index is 539. The van der Waals surface area contributed by atoms with Gasteiger partial charge in [-0.15, -0.1) is 0 Å². The van der Waals surface area contributed by atoms with Gasteiger partial charge in [0.2, 0.25) is 0 Å². The quantitative estimate of drug-likeness (QED) is 0.779. The van der Waals surface area contributed by atoms with Gasteiger partial charge >= 0.3 is 6.03 Å². The number of carbonyl (C=O) groups is 2. The molecule has 0 aliphatic carbocycles. The van der Waals surface area contributed by atoms with Gasteiger partial charge in [-0.3, -0.25) is 4.79 Å². The van der Waals surface area contributed by atoms with Crippen LogP contribution in [-0.2, 0) is 4.74 Å². The smallest absolute Gasteiger partial charge is 0.319 e. The second-order valence-electron chi connectivity index (χ2n) is 5.44. The van der Waals surface area contributed by atoms with Gasteiger partial charge in [0, 0.05) is 24.4 Å². The fraction of sp³-hybridized carbons (Fsp3) is 0.500. The summed E-state index contributed by atoms with van der Waals surface area (Å²) in [5, 5.41) is 8.49. The maximum Gasteiger partial charge on any atom is 0.319 e. The lowest BCUT2D eigenvalue weighted by Crippen LogP contribution is -2.38. The number of carbonyl (C=O) groups excluding carboxylic acids is 2. The molecule has 0 radical (unpaired) electrons. The highest BCUT2D eigenvalue weighted by Gasteiger charge is 2.18. The summed E-state index contributed by atoms with van der Waals surface area (Å²) in [6, 6.07) is 5.06. The van der Waals surface area contributed by atoms with Crippen molar-refractivity contribution >= 4 is 17.6 Å². The molecule has 0 spiro atoms. The van der Waals surface area contributed by atoms with E-state index in [1.165, 1.54) is 0 Å². The van der Waals surface area contributed by atoms with Crippen LogP contribution in [0.3, 0.4) is 0 Å². The second-order valence-corrected chi connectivity index (χ2v) is 5.44. The van der Waals surface area contributed by atoms with E-state index in [9.17, 15) is 9.59 Å². The maximum atomic E-state index is 12.0. The Balaban J connectivity index is 1.99. The summed E-state index contributed by atoms with van der Waals surface area (Å²) < 4.78 is 5.22. The van der Waals surface area contributed by atoms with Crippen molar-refractivity contribution in [2.24, 2.45) is 0 Å². The molecule has 6 nitrogen and oxygen atoms in total. The molecule has 120 valence electrons. The standard InChI is InChI=1S/C16H23N3O3/c1-3-7-17-15(20)12-5-4-11(2)14(9-12)19-16(21)18-13-6-8-22-10-13/h4-5,9,13H,3,6-8,10H2,1-2H3,(H,17,20)(H2,18,19,21)/t13-/m1/s1. The highest BCUT2D eigenvalue weighted by Crippen LogP contribution is 2.17. The van der Waals surface area contributed by atoms with Crippen LogP contribution in [0, 0.1) is 6.92 Å². The van der Waals surface area contributed by atoms with E-state index in [0.717, 1.165) is 18.4 Å². The lowest BCUT2D eigenvalue weighted by Gasteiger charge is -2.14. The van der Waals surface area contributed by atoms with Gasteiger partial charge < -0.3 is 20.7 Å². The van der Waals surface area contributed by atoms with Crippen molar-refractivity contribution in [1.82, 2.24) is 10.6 Å². The average Bonchev–Trinajstić information content (AvgIpc) is 2.99. The van der Waals surface area contributed by atoms with Gasteiger partial charge in [-0.1, -0.05) is 13.0 Å². The van der Waals surface area contributed by atoms with Gasteiger partial charge in [0.15, 0.2) is 0 Å². The van der Waals surface area contributed by atoms with Gasteiger partial charge in [0.25, 0.3) is 5.91 Å². The molecular weight excluding hydrogens is 282 g/mol. The molecule has 3 N–H and O–H groups in total. The summed E-state index contributed by atoms with van der Waals surface area (Å²) in [6.45, 7) is 5.75. The van der Waals surface area contributed by atoms with Gasteiger partial charge in [0.05, 0.1) is 12.6 Å². The molecule has 6 heteroatoms. The van der Waals surface area contributed by atoms with Crippen molar-refractivity contribution in [2.45, 2.75) is 32.7 Å². The Morgan fingerprint density at radius 2 is 2.18 bits per heavy atom. The SMILES string of the molecule is CCCNC(=O)c1ccc(C)c(NC(=O)N[C@@H]2CCOC2)c1. The van der Waals surface area contributed by atoms with Crippen LogP contribution >= 0.6 is 0 Å². The van der Waals surface area contributed by atoms with E-state index >= 15 is 0 Å². The van der Waals surface area contributed by atoms with Crippen LogP contribution in [0.5, 0.6) is 0 Å². The molecule has 1 saturated heterocycles. The van der Waals surface area contributed by atoms with Crippen LogP contribution in [0.2, 0.25) is 0 Å². The van der Waals surface area contributed by atoms with Crippen molar-refractivity contribution < 1.29 is 14.3 Å². The minimum atomic E-state index is -0.273. The van der Waals surface area contributed by atoms with Crippen molar-refractivity contribution in [3.63, 3.8) is 0 Å². The molecule has 1 heterocycles. The first-order chi connectivity index (χ1) is 10.6. The van der Waals surface area contributed by atoms with E-state index in [4.69, 9.17) is 4.74 Å². The van der Waals surface area contributed by atoms with Crippen LogP contribution in [0.1, 0.15) is 35.7 Å². The topological polar surface area (TPSA) is 79.5 Å². The van der Waals surface area contributed by atoms with Crippen molar-refractivity contribution in [3.05, 3.63) is 29.3 Å². The molecule has 22 heavy (non-hydrogen) atoms. The second kappa shape index (κ2) is 7.79. The molecule has 1 aromatic rings. The largest absolute Gasteiger partial charge is 0.379 e. The minimum absolute atomic E-state index is 0.0522. The fourth-order valence-electron chi connectivity index (χ4n) is 2.23. The molecule has 1 fully saturated rings. The average molecular weight is 305 g/mol. The van der Waals surface area contributed by atoms with E-state index in [1.807, 2.05) is 19.9 Å². The lowest BCUT2D eigenvalue weighted by molar-refractivity contribution is 0.0953. The van der Waals surface area contributed by atoms with Gasteiger partial charge in [-0.2, -0.15) is 0 Å². The number of ether oxygens (including phenoxy) is 1. The third-order valence-electron chi connectivity index (χ3n) is 3.55. The zero-order valence-corrected chi connectivity index (χ0v) is 13.1. The third kappa shape index (κ3) is 4.46. The van der Waals surface area contributed by atoms with E-state index in [0.29, 0.717) is 31.0 Å². The molecule has 0 bridgehead atoms. The Hall–Kier alpha value is -2.08. The normalized spacial score (nSPS) is 17.1. The number of rotatable bonds is 5. The minimum Gasteiger partial charge on any atom is -0.379 e. The van der Waals surface area contributed by atoms with Gasteiger partial charge in [-0.05, 0) is 37.5 Å². The molecule has 3 amide bonds. The molecule has 2 rings (SSSR count). The number of anilines is 1. The first-order valence-electron chi connectivity index (χ1n) is 7.64. The van der Waals surface area contributed by atoms with E-state index in [-0.39, 0.29) is 18.0 Å². The lowest BCUT2D eigenvalue weighted by atomic mass is 10.1. The third-order valence-corrected chi connectivity index (χ3v) is 3.55. The van der Waals surface area contributed by atoms with Crippen molar-refractivity contribution in [3.8, 4) is 0 Å². The maximum absolute atomic E-state index is 12.0. The zero-order chi connectivity index (χ0) is 15.9. The van der Waals surface area contributed by atoms with E-state index in [2.05, 4.69) is 16.0 Å². The summed E-state index contributed by atoms with van der Waals surface area (Å²) in [7, 11) is 0. The summed E-state index contributed by atoms with van der Waals surface area (Å²) in [4.78, 5) is 24.0. The van der Waals surface area contributed by atoms with Crippen LogP contribution in [0.4, 0.5) is 10.5 Å². The molecule has 1 aromatic carbocycles. The monoisotopic (exact) mass is 305 g/mol. The first kappa shape index (κ1) is 16.3. The molecule has 1 atom stereocenters.